The van der Waals surface area contributed by atoms with Crippen molar-refractivity contribution in [1.82, 2.24) is 0 Å². The van der Waals surface area contributed by atoms with E-state index < -0.39 is 6.10 Å². The molecule has 0 heterocycles. The highest BCUT2D eigenvalue weighted by molar-refractivity contribution is 5.71. The van der Waals surface area contributed by atoms with Crippen LogP contribution >= 0.6 is 0 Å². The first-order chi connectivity index (χ1) is 27.5. The molecule has 0 radical (unpaired) electrons. The smallest absolute Gasteiger partial charge is 0.306 e. The molecule has 0 aromatic heterocycles. The van der Waals surface area contributed by atoms with Crippen molar-refractivity contribution in [3.63, 3.8) is 0 Å². The second kappa shape index (κ2) is 45.8. The van der Waals surface area contributed by atoms with Crippen molar-refractivity contribution in [3.05, 3.63) is 12.2 Å². The minimum Gasteiger partial charge on any atom is -0.462 e. The fourth-order valence-electron chi connectivity index (χ4n) is 7.27. The number of rotatable bonds is 45. The van der Waals surface area contributed by atoms with E-state index >= 15 is 0 Å². The van der Waals surface area contributed by atoms with Gasteiger partial charge in [-0.25, -0.2) is 0 Å². The van der Waals surface area contributed by atoms with Gasteiger partial charge in [0, 0.05) is 19.3 Å². The zero-order valence-corrected chi connectivity index (χ0v) is 37.7. The monoisotopic (exact) mass is 791 g/mol. The number of hydrogen-bond donors (Lipinski definition) is 0. The minimum atomic E-state index is -0.765. The number of unbranched alkanes of at least 4 members (excludes halogenated alkanes) is 32. The zero-order chi connectivity index (χ0) is 40.8. The van der Waals surface area contributed by atoms with Crippen molar-refractivity contribution < 1.29 is 28.6 Å². The predicted octanol–water partition coefficient (Wildman–Crippen LogP) is 15.8. The fraction of sp³-hybridized carbons (Fsp3) is 0.900. The second-order valence-electron chi connectivity index (χ2n) is 16.7. The van der Waals surface area contributed by atoms with E-state index in [4.69, 9.17) is 14.2 Å². The van der Waals surface area contributed by atoms with Crippen LogP contribution in [0.25, 0.3) is 0 Å². The summed E-state index contributed by atoms with van der Waals surface area (Å²) in [6.45, 7) is 6.60. The first-order valence-corrected chi connectivity index (χ1v) is 24.7. The lowest BCUT2D eigenvalue weighted by Gasteiger charge is -2.18. The van der Waals surface area contributed by atoms with E-state index in [1.165, 1.54) is 161 Å². The quantitative estimate of drug-likeness (QED) is 0.0264. The Bertz CT molecular complexity index is 870. The molecule has 6 heteroatoms. The average molecular weight is 791 g/mol. The van der Waals surface area contributed by atoms with Crippen LogP contribution in [-0.4, -0.2) is 37.2 Å². The lowest BCUT2D eigenvalue weighted by Crippen LogP contribution is -2.30. The first kappa shape index (κ1) is 54.2. The number of ether oxygens (including phenoxy) is 3. The van der Waals surface area contributed by atoms with E-state index in [-0.39, 0.29) is 31.1 Å². The third-order valence-corrected chi connectivity index (χ3v) is 11.0. The van der Waals surface area contributed by atoms with Gasteiger partial charge in [-0.1, -0.05) is 226 Å². The van der Waals surface area contributed by atoms with Crippen LogP contribution in [0.2, 0.25) is 0 Å². The Hall–Kier alpha value is -1.85. The molecule has 0 saturated heterocycles. The van der Waals surface area contributed by atoms with Gasteiger partial charge in [0.25, 0.3) is 0 Å². The molecule has 0 rings (SSSR count). The molecule has 6 nitrogen and oxygen atoms in total. The number of hydrogen-bond acceptors (Lipinski definition) is 6. The number of carbonyl (C=O) groups is 3. The summed E-state index contributed by atoms with van der Waals surface area (Å²) in [5.74, 6) is -0.865. The molecule has 0 aliphatic rings. The third-order valence-electron chi connectivity index (χ3n) is 11.0. The minimum absolute atomic E-state index is 0.0676. The highest BCUT2D eigenvalue weighted by Gasteiger charge is 2.19. The average Bonchev–Trinajstić information content (AvgIpc) is 3.19. The van der Waals surface area contributed by atoms with Gasteiger partial charge >= 0.3 is 17.9 Å². The van der Waals surface area contributed by atoms with Gasteiger partial charge < -0.3 is 14.2 Å². The van der Waals surface area contributed by atoms with Crippen LogP contribution in [0.3, 0.4) is 0 Å². The van der Waals surface area contributed by atoms with Gasteiger partial charge in [-0.2, -0.15) is 0 Å². The van der Waals surface area contributed by atoms with Crippen LogP contribution in [0, 0.1) is 0 Å². The number of carbonyl (C=O) groups excluding carboxylic acids is 3. The van der Waals surface area contributed by atoms with E-state index in [1.54, 1.807) is 0 Å². The van der Waals surface area contributed by atoms with Crippen molar-refractivity contribution in [2.24, 2.45) is 0 Å². The largest absolute Gasteiger partial charge is 0.462 e. The molecule has 0 aromatic carbocycles. The van der Waals surface area contributed by atoms with Crippen LogP contribution in [0.5, 0.6) is 0 Å². The van der Waals surface area contributed by atoms with Crippen LogP contribution in [0.15, 0.2) is 12.2 Å². The molecule has 56 heavy (non-hydrogen) atoms. The normalized spacial score (nSPS) is 12.0. The Balaban J connectivity index is 4.31. The van der Waals surface area contributed by atoms with Crippen LogP contribution < -0.4 is 0 Å². The molecule has 0 aliphatic carbocycles. The maximum atomic E-state index is 12.7. The maximum Gasteiger partial charge on any atom is 0.306 e. The van der Waals surface area contributed by atoms with Gasteiger partial charge in [0.05, 0.1) is 0 Å². The zero-order valence-electron chi connectivity index (χ0n) is 37.7. The van der Waals surface area contributed by atoms with Gasteiger partial charge in [0.1, 0.15) is 13.2 Å². The molecule has 1 atom stereocenters. The molecule has 0 fully saturated rings. The summed E-state index contributed by atoms with van der Waals surface area (Å²) < 4.78 is 16.7. The Morgan fingerprint density at radius 1 is 0.339 bits per heavy atom. The van der Waals surface area contributed by atoms with E-state index in [9.17, 15) is 14.4 Å². The molecule has 0 amide bonds. The highest BCUT2D eigenvalue weighted by atomic mass is 16.6. The molecular formula is C50H94O6. The molecule has 0 aromatic rings. The van der Waals surface area contributed by atoms with Gasteiger partial charge in [-0.15, -0.1) is 0 Å². The van der Waals surface area contributed by atoms with Crippen LogP contribution in [0.1, 0.15) is 271 Å². The molecular weight excluding hydrogens is 697 g/mol. The van der Waals surface area contributed by atoms with E-state index in [2.05, 4.69) is 32.9 Å². The summed E-state index contributed by atoms with van der Waals surface area (Å²) in [7, 11) is 0. The topological polar surface area (TPSA) is 78.9 Å². The molecule has 0 saturated carbocycles. The van der Waals surface area contributed by atoms with Gasteiger partial charge in [0.15, 0.2) is 6.10 Å². The van der Waals surface area contributed by atoms with E-state index in [1.807, 2.05) is 0 Å². The van der Waals surface area contributed by atoms with Crippen molar-refractivity contribution in [2.75, 3.05) is 13.2 Å². The van der Waals surface area contributed by atoms with E-state index in [0.29, 0.717) is 19.3 Å². The van der Waals surface area contributed by atoms with Crippen LogP contribution in [0.4, 0.5) is 0 Å². The first-order valence-electron chi connectivity index (χ1n) is 24.7. The van der Waals surface area contributed by atoms with Crippen molar-refractivity contribution in [3.8, 4) is 0 Å². The second-order valence-corrected chi connectivity index (χ2v) is 16.7. The molecule has 0 spiro atoms. The maximum absolute atomic E-state index is 12.7. The van der Waals surface area contributed by atoms with Gasteiger partial charge in [-0.05, 0) is 38.5 Å². The summed E-state index contributed by atoms with van der Waals surface area (Å²) >= 11 is 0. The van der Waals surface area contributed by atoms with Crippen molar-refractivity contribution >= 4 is 17.9 Å². The Morgan fingerprint density at radius 3 is 0.964 bits per heavy atom. The van der Waals surface area contributed by atoms with Crippen molar-refractivity contribution in [2.45, 2.75) is 277 Å². The summed E-state index contributed by atoms with van der Waals surface area (Å²) in [6, 6.07) is 0. The summed E-state index contributed by atoms with van der Waals surface area (Å²) in [6.07, 6.45) is 49.1. The number of esters is 3. The lowest BCUT2D eigenvalue weighted by molar-refractivity contribution is -0.167. The lowest BCUT2D eigenvalue weighted by atomic mass is 10.0. The van der Waals surface area contributed by atoms with Gasteiger partial charge in [0.2, 0.25) is 0 Å². The predicted molar refractivity (Wildman–Crippen MR) is 238 cm³/mol. The summed E-state index contributed by atoms with van der Waals surface area (Å²) in [4.78, 5) is 37.8. The fourth-order valence-corrected chi connectivity index (χ4v) is 7.27. The molecule has 1 unspecified atom stereocenters. The van der Waals surface area contributed by atoms with Crippen molar-refractivity contribution in [1.29, 1.82) is 0 Å². The highest BCUT2D eigenvalue weighted by Crippen LogP contribution is 2.16. The standard InChI is InChI=1S/C50H94O6/c1-4-7-10-13-16-19-22-24-26-28-31-34-37-40-43-49(52)55-46-47(45-54-48(51)42-39-36-33-30-21-18-15-12-9-6-3)56-50(53)44-41-38-35-32-29-27-25-23-20-17-14-11-8-5-2/h12,15,47H,4-11,13-14,16-46H2,1-3H3/b15-12-. The SMILES string of the molecule is CCC/C=C\CCCCCCCC(=O)OCC(COC(=O)CCCCCCCCCCCCCCCC)OC(=O)CCCCCCCCCCCCCCCC. The Morgan fingerprint density at radius 2 is 0.625 bits per heavy atom. The molecule has 330 valence electrons. The van der Waals surface area contributed by atoms with Crippen LogP contribution in [-0.2, 0) is 28.6 Å². The van der Waals surface area contributed by atoms with E-state index in [0.717, 1.165) is 70.6 Å². The third kappa shape index (κ3) is 43.3. The Kier molecular flexibility index (Phi) is 44.3. The molecule has 0 N–H and O–H groups in total. The number of allylic oxidation sites excluding steroid dienone is 2. The Labute approximate surface area is 348 Å². The van der Waals surface area contributed by atoms with Gasteiger partial charge in [-0.3, -0.25) is 14.4 Å². The summed E-state index contributed by atoms with van der Waals surface area (Å²) in [5.41, 5.74) is 0. The molecule has 0 aliphatic heterocycles. The molecule has 0 bridgehead atoms. The summed E-state index contributed by atoms with van der Waals surface area (Å²) in [5, 5.41) is 0.